The third-order valence-electron chi connectivity index (χ3n) is 2.71. The summed E-state index contributed by atoms with van der Waals surface area (Å²) >= 11 is 2.79. The lowest BCUT2D eigenvalue weighted by atomic mass is 10.3. The van der Waals surface area contributed by atoms with Gasteiger partial charge in [0.15, 0.2) is 4.88 Å². The van der Waals surface area contributed by atoms with Crippen LogP contribution in [0, 0.1) is 5.82 Å². The van der Waals surface area contributed by atoms with Crippen molar-refractivity contribution in [3.05, 3.63) is 45.9 Å². The van der Waals surface area contributed by atoms with Gasteiger partial charge < -0.3 is 9.84 Å². The average molecular weight is 326 g/mol. The van der Waals surface area contributed by atoms with E-state index in [1.54, 1.807) is 18.2 Å². The first-order valence-corrected chi connectivity index (χ1v) is 8.27. The van der Waals surface area contributed by atoms with Gasteiger partial charge in [-0.2, -0.15) is 0 Å². The maximum absolute atomic E-state index is 12.8. The number of hydrogen-bond acceptors (Lipinski definition) is 4. The SMILES string of the molecule is CCc1cc(OCCSc2ccc(F)cc2)c(C(=O)O)s1. The van der Waals surface area contributed by atoms with Gasteiger partial charge in [-0.3, -0.25) is 0 Å². The van der Waals surface area contributed by atoms with Crippen molar-refractivity contribution in [2.75, 3.05) is 12.4 Å². The lowest BCUT2D eigenvalue weighted by Gasteiger charge is -2.05. The van der Waals surface area contributed by atoms with Gasteiger partial charge in [0, 0.05) is 15.5 Å². The van der Waals surface area contributed by atoms with Crippen molar-refractivity contribution in [1.29, 1.82) is 0 Å². The molecule has 0 atom stereocenters. The van der Waals surface area contributed by atoms with Crippen molar-refractivity contribution >= 4 is 29.1 Å². The van der Waals surface area contributed by atoms with Gasteiger partial charge in [0.25, 0.3) is 0 Å². The predicted molar refractivity (Wildman–Crippen MR) is 83.3 cm³/mol. The zero-order chi connectivity index (χ0) is 15.2. The molecule has 0 aliphatic heterocycles. The molecule has 2 aromatic rings. The van der Waals surface area contributed by atoms with Gasteiger partial charge in [-0.25, -0.2) is 9.18 Å². The highest BCUT2D eigenvalue weighted by Crippen LogP contribution is 2.30. The Labute approximate surface area is 130 Å². The Hall–Kier alpha value is -1.53. The molecule has 3 nitrogen and oxygen atoms in total. The Bertz CT molecular complexity index is 608. The van der Waals surface area contributed by atoms with Crippen molar-refractivity contribution in [3.8, 4) is 5.75 Å². The Balaban J connectivity index is 1.87. The number of hydrogen-bond donors (Lipinski definition) is 1. The number of carbonyl (C=O) groups is 1. The van der Waals surface area contributed by atoms with Gasteiger partial charge in [0.05, 0.1) is 6.61 Å². The number of thioether (sulfide) groups is 1. The average Bonchev–Trinajstić information content (AvgIpc) is 2.89. The molecule has 0 unspecified atom stereocenters. The molecule has 2 rings (SSSR count). The molecule has 0 amide bonds. The Kier molecular flexibility index (Phi) is 5.64. The van der Waals surface area contributed by atoms with E-state index in [2.05, 4.69) is 0 Å². The maximum Gasteiger partial charge on any atom is 0.349 e. The van der Waals surface area contributed by atoms with E-state index in [1.165, 1.54) is 35.2 Å². The van der Waals surface area contributed by atoms with Crippen LogP contribution in [0.25, 0.3) is 0 Å². The van der Waals surface area contributed by atoms with Crippen LogP contribution in [0.15, 0.2) is 35.2 Å². The zero-order valence-corrected chi connectivity index (χ0v) is 13.1. The number of carboxylic acids is 1. The summed E-state index contributed by atoms with van der Waals surface area (Å²) in [4.78, 5) is 13.3. The molecule has 1 N–H and O–H groups in total. The minimum absolute atomic E-state index is 0.249. The summed E-state index contributed by atoms with van der Waals surface area (Å²) in [5.41, 5.74) is 0. The molecule has 6 heteroatoms. The normalized spacial score (nSPS) is 10.6. The molecule has 1 aromatic carbocycles. The van der Waals surface area contributed by atoms with Crippen LogP contribution in [0.5, 0.6) is 5.75 Å². The van der Waals surface area contributed by atoms with E-state index in [0.29, 0.717) is 18.1 Å². The van der Waals surface area contributed by atoms with Crippen LogP contribution in [0.2, 0.25) is 0 Å². The quantitative estimate of drug-likeness (QED) is 0.608. The van der Waals surface area contributed by atoms with Gasteiger partial charge >= 0.3 is 5.97 Å². The highest BCUT2D eigenvalue weighted by atomic mass is 32.2. The second-order valence-corrected chi connectivity index (χ2v) is 6.52. The first-order valence-electron chi connectivity index (χ1n) is 6.47. The standard InChI is InChI=1S/C15H15FO3S2/c1-2-11-9-13(14(21-11)15(17)18)19-7-8-20-12-5-3-10(16)4-6-12/h3-6,9H,2,7-8H2,1H3,(H,17,18). The Morgan fingerprint density at radius 3 is 2.71 bits per heavy atom. The number of benzene rings is 1. The fourth-order valence-corrected chi connectivity index (χ4v) is 3.30. The molecule has 112 valence electrons. The molecule has 1 aromatic heterocycles. The van der Waals surface area contributed by atoms with Crippen molar-refractivity contribution < 1.29 is 19.0 Å². The molecule has 0 saturated heterocycles. The summed E-state index contributed by atoms with van der Waals surface area (Å²) in [5, 5.41) is 9.12. The van der Waals surface area contributed by atoms with Crippen LogP contribution in [0.4, 0.5) is 4.39 Å². The molecule has 0 radical (unpaired) electrons. The summed E-state index contributed by atoms with van der Waals surface area (Å²) < 4.78 is 18.3. The minimum Gasteiger partial charge on any atom is -0.491 e. The number of halogens is 1. The first kappa shape index (κ1) is 15.9. The monoisotopic (exact) mass is 326 g/mol. The second-order valence-electron chi connectivity index (χ2n) is 4.22. The van der Waals surface area contributed by atoms with E-state index in [4.69, 9.17) is 9.84 Å². The van der Waals surface area contributed by atoms with Crippen molar-refractivity contribution in [3.63, 3.8) is 0 Å². The zero-order valence-electron chi connectivity index (χ0n) is 11.5. The number of carboxylic acid groups (broad SMARTS) is 1. The highest BCUT2D eigenvalue weighted by molar-refractivity contribution is 7.99. The fourth-order valence-electron chi connectivity index (χ4n) is 1.70. The highest BCUT2D eigenvalue weighted by Gasteiger charge is 2.16. The van der Waals surface area contributed by atoms with Gasteiger partial charge in [-0.1, -0.05) is 6.92 Å². The summed E-state index contributed by atoms with van der Waals surface area (Å²) in [6, 6.07) is 8.04. The maximum atomic E-state index is 12.8. The van der Waals surface area contributed by atoms with Crippen molar-refractivity contribution in [2.24, 2.45) is 0 Å². The van der Waals surface area contributed by atoms with E-state index in [-0.39, 0.29) is 10.7 Å². The molecule has 0 bridgehead atoms. The van der Waals surface area contributed by atoms with Gasteiger partial charge in [0.2, 0.25) is 0 Å². The van der Waals surface area contributed by atoms with Crippen molar-refractivity contribution in [1.82, 2.24) is 0 Å². The predicted octanol–water partition coefficient (Wildman–Crippen LogP) is 4.32. The third-order valence-corrected chi connectivity index (χ3v) is 4.94. The van der Waals surface area contributed by atoms with Crippen LogP contribution in [0.1, 0.15) is 21.5 Å². The van der Waals surface area contributed by atoms with Crippen LogP contribution < -0.4 is 4.74 Å². The van der Waals surface area contributed by atoms with Crippen LogP contribution in [-0.2, 0) is 6.42 Å². The number of ether oxygens (including phenoxy) is 1. The summed E-state index contributed by atoms with van der Waals surface area (Å²) in [6.45, 7) is 2.38. The molecule has 0 saturated carbocycles. The minimum atomic E-state index is -0.958. The topological polar surface area (TPSA) is 46.5 Å². The smallest absolute Gasteiger partial charge is 0.349 e. The molecule has 0 spiro atoms. The molecule has 1 heterocycles. The molecular weight excluding hydrogens is 311 g/mol. The summed E-state index contributed by atoms with van der Waals surface area (Å²) in [6.07, 6.45) is 0.790. The first-order chi connectivity index (χ1) is 10.1. The third kappa shape index (κ3) is 4.47. The largest absolute Gasteiger partial charge is 0.491 e. The Morgan fingerprint density at radius 1 is 1.38 bits per heavy atom. The summed E-state index contributed by atoms with van der Waals surface area (Å²) in [7, 11) is 0. The molecular formula is C15H15FO3S2. The van der Waals surface area contributed by atoms with Gasteiger partial charge in [-0.15, -0.1) is 23.1 Å². The van der Waals surface area contributed by atoms with Crippen LogP contribution in [0.3, 0.4) is 0 Å². The van der Waals surface area contributed by atoms with Crippen molar-refractivity contribution in [2.45, 2.75) is 18.2 Å². The van der Waals surface area contributed by atoms with E-state index in [9.17, 15) is 9.18 Å². The lowest BCUT2D eigenvalue weighted by molar-refractivity contribution is 0.0698. The van der Waals surface area contributed by atoms with E-state index in [0.717, 1.165) is 16.2 Å². The molecule has 0 fully saturated rings. The van der Waals surface area contributed by atoms with E-state index < -0.39 is 5.97 Å². The molecule has 21 heavy (non-hydrogen) atoms. The number of aromatic carboxylic acids is 1. The van der Waals surface area contributed by atoms with E-state index in [1.807, 2.05) is 6.92 Å². The van der Waals surface area contributed by atoms with Gasteiger partial charge in [0.1, 0.15) is 11.6 Å². The van der Waals surface area contributed by atoms with Gasteiger partial charge in [-0.05, 0) is 36.8 Å². The van der Waals surface area contributed by atoms with Crippen LogP contribution >= 0.6 is 23.1 Å². The lowest BCUT2D eigenvalue weighted by Crippen LogP contribution is -2.03. The van der Waals surface area contributed by atoms with E-state index >= 15 is 0 Å². The summed E-state index contributed by atoms with van der Waals surface area (Å²) in [5.74, 6) is -0.112. The Morgan fingerprint density at radius 2 is 2.10 bits per heavy atom. The molecule has 0 aliphatic carbocycles. The fraction of sp³-hybridized carbons (Fsp3) is 0.267. The number of thiophene rings is 1. The molecule has 0 aliphatic rings. The number of aryl methyl sites for hydroxylation is 1. The van der Waals surface area contributed by atoms with Crippen LogP contribution in [-0.4, -0.2) is 23.4 Å². The number of rotatable bonds is 7. The second kappa shape index (κ2) is 7.47.